The van der Waals surface area contributed by atoms with E-state index in [-0.39, 0.29) is 23.3 Å². The lowest BCUT2D eigenvalue weighted by Crippen LogP contribution is -2.55. The van der Waals surface area contributed by atoms with Crippen LogP contribution in [0.25, 0.3) is 17.1 Å². The predicted octanol–water partition coefficient (Wildman–Crippen LogP) is 7.18. The lowest BCUT2D eigenvalue weighted by atomic mass is 9.86. The van der Waals surface area contributed by atoms with Crippen molar-refractivity contribution in [2.45, 2.75) is 70.5 Å². The molecule has 0 bridgehead atoms. The van der Waals surface area contributed by atoms with E-state index < -0.39 is 0 Å². The van der Waals surface area contributed by atoms with Crippen molar-refractivity contribution < 1.29 is 9.59 Å². The Labute approximate surface area is 265 Å². The Kier molecular flexibility index (Phi) is 9.89. The highest BCUT2D eigenvalue weighted by Gasteiger charge is 2.30. The van der Waals surface area contributed by atoms with Crippen LogP contribution < -0.4 is 0 Å². The van der Waals surface area contributed by atoms with Gasteiger partial charge in [0.05, 0.1) is 0 Å². The minimum Gasteiger partial charge on any atom is -0.339 e. The van der Waals surface area contributed by atoms with Crippen molar-refractivity contribution in [1.29, 1.82) is 0 Å². The standard InChI is InChI=1S/C36H43N5O2S/c1-26-14-16-28(17-15-26)33-37-38-35(41(33)31-11-7-6-8-12-31)44-24-10-9-13-32(42)39-22-23-40(27(2)25-39)34(43)29-18-20-30(21-19-29)36(3,4)5/h6-8,11-12,14-21,27H,9-10,13,22-25H2,1-5H3. The molecule has 5 rings (SSSR count). The molecule has 1 aliphatic heterocycles. The molecule has 2 heterocycles. The molecule has 7 nitrogen and oxygen atoms in total. The highest BCUT2D eigenvalue weighted by Crippen LogP contribution is 2.29. The summed E-state index contributed by atoms with van der Waals surface area (Å²) in [6.45, 7) is 12.3. The third kappa shape index (κ3) is 7.41. The lowest BCUT2D eigenvalue weighted by molar-refractivity contribution is -0.133. The smallest absolute Gasteiger partial charge is 0.254 e. The summed E-state index contributed by atoms with van der Waals surface area (Å²) in [5.74, 6) is 1.87. The summed E-state index contributed by atoms with van der Waals surface area (Å²) in [4.78, 5) is 30.1. The van der Waals surface area contributed by atoms with Gasteiger partial charge in [0, 0.05) is 54.7 Å². The van der Waals surface area contributed by atoms with Crippen LogP contribution >= 0.6 is 11.8 Å². The first kappa shape index (κ1) is 31.5. The van der Waals surface area contributed by atoms with Gasteiger partial charge in [0.2, 0.25) is 5.91 Å². The summed E-state index contributed by atoms with van der Waals surface area (Å²) in [7, 11) is 0. The van der Waals surface area contributed by atoms with Crippen LogP contribution in [0.4, 0.5) is 0 Å². The monoisotopic (exact) mass is 609 g/mol. The zero-order valence-corrected chi connectivity index (χ0v) is 27.3. The van der Waals surface area contributed by atoms with E-state index in [1.165, 1.54) is 11.1 Å². The number of carbonyl (C=O) groups is 2. The number of carbonyl (C=O) groups excluding carboxylic acids is 2. The average molecular weight is 610 g/mol. The minimum atomic E-state index is -0.0230. The van der Waals surface area contributed by atoms with Gasteiger partial charge in [-0.05, 0) is 61.9 Å². The number of aromatic nitrogens is 3. The fraction of sp³-hybridized carbons (Fsp3) is 0.389. The molecular weight excluding hydrogens is 566 g/mol. The highest BCUT2D eigenvalue weighted by atomic mass is 32.2. The maximum atomic E-state index is 13.2. The molecule has 1 fully saturated rings. The van der Waals surface area contributed by atoms with Gasteiger partial charge in [-0.2, -0.15) is 0 Å². The van der Waals surface area contributed by atoms with E-state index in [1.807, 2.05) is 59.2 Å². The van der Waals surface area contributed by atoms with Crippen LogP contribution in [0.5, 0.6) is 0 Å². The van der Waals surface area contributed by atoms with Crippen molar-refractivity contribution in [3.05, 3.63) is 95.6 Å². The first-order chi connectivity index (χ1) is 21.1. The molecule has 1 atom stereocenters. The van der Waals surface area contributed by atoms with E-state index in [0.717, 1.165) is 40.8 Å². The second-order valence-corrected chi connectivity index (χ2v) is 13.7. The number of hydrogen-bond acceptors (Lipinski definition) is 5. The fourth-order valence-corrected chi connectivity index (χ4v) is 6.48. The van der Waals surface area contributed by atoms with Crippen LogP contribution in [0.1, 0.15) is 68.4 Å². The third-order valence-electron chi connectivity index (χ3n) is 8.21. The summed E-state index contributed by atoms with van der Waals surface area (Å²) in [6.07, 6.45) is 2.22. The largest absolute Gasteiger partial charge is 0.339 e. The molecule has 230 valence electrons. The number of nitrogens with zero attached hydrogens (tertiary/aromatic N) is 5. The molecule has 2 amide bonds. The molecular formula is C36H43N5O2S. The quantitative estimate of drug-likeness (QED) is 0.149. The summed E-state index contributed by atoms with van der Waals surface area (Å²) in [5.41, 5.74) is 5.22. The summed E-state index contributed by atoms with van der Waals surface area (Å²) >= 11 is 1.67. The Hall–Kier alpha value is -3.91. The van der Waals surface area contributed by atoms with Gasteiger partial charge in [0.1, 0.15) is 0 Å². The molecule has 1 saturated heterocycles. The van der Waals surface area contributed by atoms with Crippen LogP contribution in [0.3, 0.4) is 0 Å². The van der Waals surface area contributed by atoms with Crippen LogP contribution in [0.2, 0.25) is 0 Å². The Morgan fingerprint density at radius 1 is 0.886 bits per heavy atom. The van der Waals surface area contributed by atoms with Gasteiger partial charge in [-0.1, -0.05) is 92.7 Å². The van der Waals surface area contributed by atoms with Gasteiger partial charge < -0.3 is 9.80 Å². The predicted molar refractivity (Wildman–Crippen MR) is 178 cm³/mol. The SMILES string of the molecule is Cc1ccc(-c2nnc(SCCCCC(=O)N3CCN(C(=O)c4ccc(C(C)(C)C)cc4)C(C)C3)n2-c2ccccc2)cc1. The van der Waals surface area contributed by atoms with Crippen molar-refractivity contribution in [2.75, 3.05) is 25.4 Å². The van der Waals surface area contributed by atoms with Crippen molar-refractivity contribution in [3.8, 4) is 17.1 Å². The number of unbranched alkanes of at least 4 members (excludes halogenated alkanes) is 1. The molecule has 0 aliphatic carbocycles. The number of amides is 2. The Bertz CT molecular complexity index is 1560. The van der Waals surface area contributed by atoms with Gasteiger partial charge in [-0.15, -0.1) is 10.2 Å². The van der Waals surface area contributed by atoms with Gasteiger partial charge >= 0.3 is 0 Å². The third-order valence-corrected chi connectivity index (χ3v) is 9.23. The summed E-state index contributed by atoms with van der Waals surface area (Å²) in [5, 5.41) is 9.92. The second kappa shape index (κ2) is 13.8. The molecule has 0 saturated carbocycles. The van der Waals surface area contributed by atoms with Gasteiger partial charge in [0.25, 0.3) is 5.91 Å². The molecule has 1 aromatic heterocycles. The van der Waals surface area contributed by atoms with E-state index in [0.29, 0.717) is 31.6 Å². The summed E-state index contributed by atoms with van der Waals surface area (Å²) < 4.78 is 2.11. The summed E-state index contributed by atoms with van der Waals surface area (Å²) in [6, 6.07) is 26.5. The van der Waals surface area contributed by atoms with Crippen LogP contribution in [0.15, 0.2) is 84.0 Å². The molecule has 1 aliphatic rings. The highest BCUT2D eigenvalue weighted by molar-refractivity contribution is 7.99. The maximum Gasteiger partial charge on any atom is 0.254 e. The number of benzene rings is 3. The fourth-order valence-electron chi connectivity index (χ4n) is 5.53. The number of para-hydroxylation sites is 1. The van der Waals surface area contributed by atoms with E-state index in [4.69, 9.17) is 0 Å². The van der Waals surface area contributed by atoms with Gasteiger partial charge in [0.15, 0.2) is 11.0 Å². The Morgan fingerprint density at radius 2 is 1.59 bits per heavy atom. The minimum absolute atomic E-state index is 0.0230. The van der Waals surface area contributed by atoms with Crippen molar-refractivity contribution in [1.82, 2.24) is 24.6 Å². The van der Waals surface area contributed by atoms with Crippen molar-refractivity contribution in [2.24, 2.45) is 0 Å². The zero-order chi connectivity index (χ0) is 31.3. The molecule has 0 N–H and O–H groups in total. The van der Waals surface area contributed by atoms with Gasteiger partial charge in [-0.25, -0.2) is 0 Å². The molecule has 4 aromatic rings. The van der Waals surface area contributed by atoms with Crippen molar-refractivity contribution in [3.63, 3.8) is 0 Å². The Morgan fingerprint density at radius 3 is 2.25 bits per heavy atom. The zero-order valence-electron chi connectivity index (χ0n) is 26.5. The number of thioether (sulfide) groups is 1. The van der Waals surface area contributed by atoms with Crippen molar-refractivity contribution >= 4 is 23.6 Å². The molecule has 1 unspecified atom stereocenters. The van der Waals surface area contributed by atoms with Crippen LogP contribution in [-0.2, 0) is 10.2 Å². The average Bonchev–Trinajstić information content (AvgIpc) is 3.44. The number of rotatable bonds is 9. The first-order valence-electron chi connectivity index (χ1n) is 15.5. The molecule has 8 heteroatoms. The maximum absolute atomic E-state index is 13.2. The molecule has 0 spiro atoms. The topological polar surface area (TPSA) is 71.3 Å². The van der Waals surface area contributed by atoms with E-state index in [2.05, 4.69) is 78.9 Å². The van der Waals surface area contributed by atoms with Gasteiger partial charge in [-0.3, -0.25) is 14.2 Å². The molecule has 3 aromatic carbocycles. The molecule has 44 heavy (non-hydrogen) atoms. The van der Waals surface area contributed by atoms with E-state index in [1.54, 1.807) is 11.8 Å². The normalized spacial score (nSPS) is 15.4. The second-order valence-electron chi connectivity index (χ2n) is 12.7. The van der Waals surface area contributed by atoms with Crippen LogP contribution in [0, 0.1) is 6.92 Å². The number of hydrogen-bond donors (Lipinski definition) is 0. The lowest BCUT2D eigenvalue weighted by Gasteiger charge is -2.40. The van der Waals surface area contributed by atoms with E-state index in [9.17, 15) is 9.59 Å². The molecule has 0 radical (unpaired) electrons. The first-order valence-corrected chi connectivity index (χ1v) is 16.5. The van der Waals surface area contributed by atoms with E-state index >= 15 is 0 Å². The number of piperazine rings is 1. The number of aryl methyl sites for hydroxylation is 1. The van der Waals surface area contributed by atoms with Crippen LogP contribution in [-0.4, -0.2) is 67.8 Å². The Balaban J connectivity index is 1.11.